The Bertz CT molecular complexity index is 288. The molecule has 2 N–H and O–H groups in total. The molecular formula is C9H15BrFN3. The highest BCUT2D eigenvalue weighted by molar-refractivity contribution is 9.10. The number of hydrogen-bond acceptors (Lipinski definition) is 2. The molecule has 0 aromatic carbocycles. The Balaban J connectivity index is 2.86. The van der Waals surface area contributed by atoms with Gasteiger partial charge in [0.05, 0.1) is 16.4 Å². The van der Waals surface area contributed by atoms with Crippen molar-refractivity contribution in [3.8, 4) is 0 Å². The van der Waals surface area contributed by atoms with E-state index in [-0.39, 0.29) is 0 Å². The number of alkyl halides is 1. The van der Waals surface area contributed by atoms with Crippen LogP contribution in [-0.4, -0.2) is 16.3 Å². The second-order valence-electron chi connectivity index (χ2n) is 3.15. The Kier molecular flexibility index (Phi) is 4.54. The fourth-order valence-electron chi connectivity index (χ4n) is 1.36. The molecule has 1 rings (SSSR count). The number of nitrogens with two attached hydrogens (primary N) is 1. The molecule has 1 aromatic heterocycles. The van der Waals surface area contributed by atoms with Gasteiger partial charge in [0.1, 0.15) is 6.17 Å². The highest BCUT2D eigenvalue weighted by atomic mass is 79.9. The second-order valence-corrected chi connectivity index (χ2v) is 4.00. The number of rotatable bonds is 5. The van der Waals surface area contributed by atoms with Crippen molar-refractivity contribution < 1.29 is 4.39 Å². The maximum absolute atomic E-state index is 13.6. The molecule has 0 bridgehead atoms. The third kappa shape index (κ3) is 2.54. The van der Waals surface area contributed by atoms with E-state index in [1.807, 2.05) is 6.92 Å². The predicted molar refractivity (Wildman–Crippen MR) is 57.7 cm³/mol. The molecule has 1 heterocycles. The number of aryl methyl sites for hydroxylation is 1. The van der Waals surface area contributed by atoms with Crippen LogP contribution in [0.2, 0.25) is 0 Å². The Morgan fingerprint density at radius 2 is 2.43 bits per heavy atom. The highest BCUT2D eigenvalue weighted by Gasteiger charge is 2.18. The minimum Gasteiger partial charge on any atom is -0.330 e. The van der Waals surface area contributed by atoms with Gasteiger partial charge in [0.25, 0.3) is 0 Å². The summed E-state index contributed by atoms with van der Waals surface area (Å²) in [6, 6.07) is 0. The Labute approximate surface area is 91.6 Å². The molecule has 0 aliphatic carbocycles. The van der Waals surface area contributed by atoms with E-state index in [2.05, 4.69) is 21.0 Å². The zero-order valence-electron chi connectivity index (χ0n) is 8.21. The number of nitrogens with zero attached hydrogens (tertiary/aromatic N) is 2. The largest absolute Gasteiger partial charge is 0.330 e. The molecule has 0 aliphatic rings. The molecule has 5 heteroatoms. The van der Waals surface area contributed by atoms with Crippen LogP contribution < -0.4 is 5.73 Å². The fourth-order valence-corrected chi connectivity index (χ4v) is 1.90. The van der Waals surface area contributed by atoms with Gasteiger partial charge in [-0.1, -0.05) is 6.92 Å². The highest BCUT2D eigenvalue weighted by Crippen LogP contribution is 2.28. The van der Waals surface area contributed by atoms with E-state index in [0.717, 1.165) is 17.4 Å². The maximum atomic E-state index is 13.6. The van der Waals surface area contributed by atoms with Crippen LogP contribution in [0, 0.1) is 0 Å². The van der Waals surface area contributed by atoms with E-state index >= 15 is 0 Å². The molecule has 0 saturated carbocycles. The summed E-state index contributed by atoms with van der Waals surface area (Å²) in [6.07, 6.45) is 1.89. The zero-order valence-corrected chi connectivity index (χ0v) is 9.80. The third-order valence-corrected chi connectivity index (χ3v) is 2.60. The lowest BCUT2D eigenvalue weighted by Crippen LogP contribution is -2.10. The van der Waals surface area contributed by atoms with E-state index in [1.165, 1.54) is 0 Å². The average molecular weight is 264 g/mol. The first-order valence-electron chi connectivity index (χ1n) is 4.76. The van der Waals surface area contributed by atoms with Crippen LogP contribution >= 0.6 is 15.9 Å². The first-order valence-corrected chi connectivity index (χ1v) is 5.55. The van der Waals surface area contributed by atoms with Crippen molar-refractivity contribution >= 4 is 15.9 Å². The molecule has 0 radical (unpaired) electrons. The van der Waals surface area contributed by atoms with Crippen LogP contribution in [0.5, 0.6) is 0 Å². The van der Waals surface area contributed by atoms with Gasteiger partial charge in [-0.25, -0.2) is 4.39 Å². The number of hydrogen-bond donors (Lipinski definition) is 1. The predicted octanol–water partition coefficient (Wildman–Crippen LogP) is 2.42. The molecule has 80 valence electrons. The van der Waals surface area contributed by atoms with E-state index in [4.69, 9.17) is 5.73 Å². The van der Waals surface area contributed by atoms with Crippen molar-refractivity contribution in [1.82, 2.24) is 9.78 Å². The van der Waals surface area contributed by atoms with Crippen LogP contribution in [-0.2, 0) is 6.54 Å². The molecule has 0 spiro atoms. The van der Waals surface area contributed by atoms with Crippen molar-refractivity contribution in [2.75, 3.05) is 6.54 Å². The van der Waals surface area contributed by atoms with Gasteiger partial charge in [-0.15, -0.1) is 0 Å². The Morgan fingerprint density at radius 3 is 3.00 bits per heavy atom. The molecule has 0 saturated heterocycles. The number of halogens is 2. The normalized spacial score (nSPS) is 13.1. The molecule has 3 nitrogen and oxygen atoms in total. The van der Waals surface area contributed by atoms with Gasteiger partial charge in [-0.2, -0.15) is 5.10 Å². The lowest BCUT2D eigenvalue weighted by atomic mass is 10.2. The maximum Gasteiger partial charge on any atom is 0.144 e. The van der Waals surface area contributed by atoms with Gasteiger partial charge in [-0.3, -0.25) is 4.68 Å². The minimum atomic E-state index is -1.02. The van der Waals surface area contributed by atoms with Crippen molar-refractivity contribution in [3.05, 3.63) is 16.4 Å². The average Bonchev–Trinajstić information content (AvgIpc) is 2.48. The molecule has 0 aliphatic heterocycles. The first kappa shape index (κ1) is 11.7. The van der Waals surface area contributed by atoms with Gasteiger partial charge in [-0.05, 0) is 35.3 Å². The van der Waals surface area contributed by atoms with Crippen LogP contribution in [0.1, 0.15) is 31.6 Å². The monoisotopic (exact) mass is 263 g/mol. The summed E-state index contributed by atoms with van der Waals surface area (Å²) in [5, 5.41) is 4.10. The smallest absolute Gasteiger partial charge is 0.144 e. The van der Waals surface area contributed by atoms with E-state index in [1.54, 1.807) is 10.9 Å². The summed E-state index contributed by atoms with van der Waals surface area (Å²) in [6.45, 7) is 3.13. The zero-order chi connectivity index (χ0) is 10.6. The third-order valence-electron chi connectivity index (χ3n) is 1.99. The van der Waals surface area contributed by atoms with Crippen LogP contribution in [0.25, 0.3) is 0 Å². The molecule has 0 fully saturated rings. The van der Waals surface area contributed by atoms with Gasteiger partial charge >= 0.3 is 0 Å². The summed E-state index contributed by atoms with van der Waals surface area (Å²) in [5.41, 5.74) is 5.93. The van der Waals surface area contributed by atoms with Gasteiger partial charge in [0.2, 0.25) is 0 Å². The number of aromatic nitrogens is 2. The van der Waals surface area contributed by atoms with E-state index in [9.17, 15) is 4.39 Å². The van der Waals surface area contributed by atoms with Crippen molar-refractivity contribution in [2.45, 2.75) is 32.5 Å². The quantitative estimate of drug-likeness (QED) is 0.887. The minimum absolute atomic E-state index is 0.341. The molecule has 0 amide bonds. The van der Waals surface area contributed by atoms with E-state index < -0.39 is 6.17 Å². The molecule has 1 unspecified atom stereocenters. The molecule has 1 atom stereocenters. The summed E-state index contributed by atoms with van der Waals surface area (Å²) < 4.78 is 16.1. The molecular weight excluding hydrogens is 249 g/mol. The van der Waals surface area contributed by atoms with Crippen LogP contribution in [0.3, 0.4) is 0 Å². The van der Waals surface area contributed by atoms with Crippen LogP contribution in [0.4, 0.5) is 4.39 Å². The Morgan fingerprint density at radius 1 is 1.71 bits per heavy atom. The lowest BCUT2D eigenvalue weighted by molar-refractivity contribution is 0.303. The summed E-state index contributed by atoms with van der Waals surface area (Å²) in [5.74, 6) is 0. The summed E-state index contributed by atoms with van der Waals surface area (Å²) in [4.78, 5) is 0. The van der Waals surface area contributed by atoms with Gasteiger partial charge in [0, 0.05) is 6.54 Å². The topological polar surface area (TPSA) is 43.8 Å². The van der Waals surface area contributed by atoms with Crippen molar-refractivity contribution in [3.63, 3.8) is 0 Å². The van der Waals surface area contributed by atoms with Gasteiger partial charge in [0.15, 0.2) is 0 Å². The standard InChI is InChI=1S/C9H15BrFN3/c1-2-5-14-9(7(10)6-13-14)8(11)3-4-12/h6,8H,2-5,12H2,1H3. The van der Waals surface area contributed by atoms with Crippen molar-refractivity contribution in [2.24, 2.45) is 5.73 Å². The van der Waals surface area contributed by atoms with Crippen LogP contribution in [0.15, 0.2) is 10.7 Å². The van der Waals surface area contributed by atoms with Crippen molar-refractivity contribution in [1.29, 1.82) is 0 Å². The van der Waals surface area contributed by atoms with Gasteiger partial charge < -0.3 is 5.73 Å². The molecule has 1 aromatic rings. The summed E-state index contributed by atoms with van der Waals surface area (Å²) in [7, 11) is 0. The molecule has 14 heavy (non-hydrogen) atoms. The fraction of sp³-hybridized carbons (Fsp3) is 0.667. The summed E-state index contributed by atoms with van der Waals surface area (Å²) >= 11 is 3.29. The Hall–Kier alpha value is -0.420. The lowest BCUT2D eigenvalue weighted by Gasteiger charge is -2.10. The second kappa shape index (κ2) is 5.46. The SMILES string of the molecule is CCCn1ncc(Br)c1C(F)CCN. The first-order chi connectivity index (χ1) is 6.70. The van der Waals surface area contributed by atoms with E-state index in [0.29, 0.717) is 18.7 Å².